The number of fused-ring (bicyclic) bond motifs is 1. The van der Waals surface area contributed by atoms with Crippen molar-refractivity contribution in [3.8, 4) is 17.1 Å². The molecule has 0 unspecified atom stereocenters. The van der Waals surface area contributed by atoms with Gasteiger partial charge in [0.15, 0.2) is 11.5 Å². The van der Waals surface area contributed by atoms with Crippen LogP contribution in [0.2, 0.25) is 0 Å². The number of hydrogen-bond acceptors (Lipinski definition) is 3. The Morgan fingerprint density at radius 1 is 1.17 bits per heavy atom. The van der Waals surface area contributed by atoms with Crippen LogP contribution in [-0.4, -0.2) is 21.7 Å². The molecule has 90 valence electrons. The molecule has 18 heavy (non-hydrogen) atoms. The fourth-order valence-corrected chi connectivity index (χ4v) is 1.87. The maximum atomic E-state index is 5.21. The lowest BCUT2D eigenvalue weighted by Gasteiger charge is -2.00. The zero-order chi connectivity index (χ0) is 12.5. The van der Waals surface area contributed by atoms with Gasteiger partial charge in [-0.05, 0) is 36.8 Å². The van der Waals surface area contributed by atoms with E-state index in [4.69, 9.17) is 4.74 Å². The lowest BCUT2D eigenvalue weighted by Crippen LogP contribution is -1.87. The van der Waals surface area contributed by atoms with Gasteiger partial charge >= 0.3 is 0 Å². The first kappa shape index (κ1) is 10.8. The highest BCUT2D eigenvalue weighted by molar-refractivity contribution is 5.60. The lowest BCUT2D eigenvalue weighted by atomic mass is 10.2. The molecule has 4 nitrogen and oxygen atoms in total. The lowest BCUT2D eigenvalue weighted by molar-refractivity contribution is 0.415. The number of ether oxygens (including phenoxy) is 1. The van der Waals surface area contributed by atoms with E-state index in [0.29, 0.717) is 5.82 Å². The van der Waals surface area contributed by atoms with E-state index in [1.807, 2.05) is 49.5 Å². The summed E-state index contributed by atoms with van der Waals surface area (Å²) in [5.41, 5.74) is 2.98. The van der Waals surface area contributed by atoms with Crippen LogP contribution in [-0.2, 0) is 0 Å². The Bertz CT molecular complexity index is 703. The third-order valence-corrected chi connectivity index (χ3v) is 2.82. The molecule has 0 saturated heterocycles. The Labute approximate surface area is 105 Å². The van der Waals surface area contributed by atoms with Crippen LogP contribution in [0.3, 0.4) is 0 Å². The predicted molar refractivity (Wildman–Crippen MR) is 69.7 cm³/mol. The summed E-state index contributed by atoms with van der Waals surface area (Å²) in [7, 11) is 1.65. The van der Waals surface area contributed by atoms with Gasteiger partial charge in [0.05, 0.1) is 7.11 Å². The molecule has 0 fully saturated rings. The quantitative estimate of drug-likeness (QED) is 0.690. The van der Waals surface area contributed by atoms with E-state index in [0.717, 1.165) is 17.0 Å². The molecule has 3 rings (SSSR count). The molecule has 0 radical (unpaired) electrons. The van der Waals surface area contributed by atoms with Crippen LogP contribution in [0.5, 0.6) is 5.75 Å². The number of methoxy groups -OCH3 is 1. The number of benzene rings is 1. The van der Waals surface area contributed by atoms with Gasteiger partial charge in [0.25, 0.3) is 0 Å². The number of aryl methyl sites for hydroxylation is 1. The topological polar surface area (TPSA) is 39.4 Å². The second-order valence-electron chi connectivity index (χ2n) is 4.17. The molecule has 0 bridgehead atoms. The van der Waals surface area contributed by atoms with Gasteiger partial charge in [-0.3, -0.25) is 0 Å². The Balaban J connectivity index is 2.13. The van der Waals surface area contributed by atoms with E-state index in [2.05, 4.69) is 10.1 Å². The third kappa shape index (κ3) is 1.82. The van der Waals surface area contributed by atoms with Gasteiger partial charge in [0.2, 0.25) is 0 Å². The number of hydrogen-bond donors (Lipinski definition) is 0. The molecular formula is C14H13N3O. The first-order valence-corrected chi connectivity index (χ1v) is 5.74. The molecule has 0 amide bonds. The van der Waals surface area contributed by atoms with Crippen molar-refractivity contribution in [3.05, 3.63) is 48.2 Å². The summed E-state index contributed by atoms with van der Waals surface area (Å²) in [5.74, 6) is 1.52. The largest absolute Gasteiger partial charge is 0.497 e. The van der Waals surface area contributed by atoms with Gasteiger partial charge in [-0.25, -0.2) is 9.50 Å². The van der Waals surface area contributed by atoms with Crippen molar-refractivity contribution in [3.63, 3.8) is 0 Å². The minimum Gasteiger partial charge on any atom is -0.497 e. The highest BCUT2D eigenvalue weighted by atomic mass is 16.5. The first-order chi connectivity index (χ1) is 8.76. The number of rotatable bonds is 2. The third-order valence-electron chi connectivity index (χ3n) is 2.82. The number of pyridine rings is 1. The summed E-state index contributed by atoms with van der Waals surface area (Å²) < 4.78 is 6.99. The molecule has 0 saturated carbocycles. The fourth-order valence-electron chi connectivity index (χ4n) is 1.87. The Hall–Kier alpha value is -2.36. The Kier molecular flexibility index (Phi) is 2.48. The average Bonchev–Trinajstić information content (AvgIpc) is 2.81. The molecule has 0 atom stereocenters. The maximum absolute atomic E-state index is 5.21. The van der Waals surface area contributed by atoms with E-state index in [1.54, 1.807) is 11.6 Å². The smallest absolute Gasteiger partial charge is 0.182 e. The highest BCUT2D eigenvalue weighted by Crippen LogP contribution is 2.21. The Morgan fingerprint density at radius 3 is 2.89 bits per heavy atom. The van der Waals surface area contributed by atoms with Crippen molar-refractivity contribution in [2.45, 2.75) is 6.92 Å². The molecule has 0 aliphatic heterocycles. The fraction of sp³-hybridized carbons (Fsp3) is 0.143. The van der Waals surface area contributed by atoms with Crippen molar-refractivity contribution in [2.24, 2.45) is 0 Å². The summed E-state index contributed by atoms with van der Waals surface area (Å²) >= 11 is 0. The second-order valence-corrected chi connectivity index (χ2v) is 4.17. The van der Waals surface area contributed by atoms with Crippen LogP contribution < -0.4 is 4.74 Å². The predicted octanol–water partition coefficient (Wildman–Crippen LogP) is 2.71. The molecule has 0 aliphatic rings. The van der Waals surface area contributed by atoms with Gasteiger partial charge in [-0.2, -0.15) is 0 Å². The van der Waals surface area contributed by atoms with Crippen LogP contribution in [0.15, 0.2) is 42.6 Å². The summed E-state index contributed by atoms with van der Waals surface area (Å²) in [6.07, 6.45) is 1.92. The summed E-state index contributed by atoms with van der Waals surface area (Å²) in [6, 6.07) is 11.8. The number of aromatic nitrogens is 3. The van der Waals surface area contributed by atoms with E-state index >= 15 is 0 Å². The van der Waals surface area contributed by atoms with Gasteiger partial charge in [-0.15, -0.1) is 5.10 Å². The van der Waals surface area contributed by atoms with Gasteiger partial charge in [-0.1, -0.05) is 12.1 Å². The van der Waals surface area contributed by atoms with E-state index in [1.165, 1.54) is 5.56 Å². The van der Waals surface area contributed by atoms with Gasteiger partial charge < -0.3 is 4.74 Å². The minimum absolute atomic E-state index is 0.708. The van der Waals surface area contributed by atoms with Crippen LogP contribution in [0.1, 0.15) is 5.56 Å². The van der Waals surface area contributed by atoms with E-state index in [-0.39, 0.29) is 0 Å². The zero-order valence-electron chi connectivity index (χ0n) is 10.3. The number of nitrogens with zero attached hydrogens (tertiary/aromatic N) is 3. The van der Waals surface area contributed by atoms with Crippen molar-refractivity contribution in [1.29, 1.82) is 0 Å². The minimum atomic E-state index is 0.708. The van der Waals surface area contributed by atoms with Crippen LogP contribution in [0, 0.1) is 6.92 Å². The summed E-state index contributed by atoms with van der Waals surface area (Å²) in [5, 5.41) is 4.45. The molecule has 2 aromatic heterocycles. The molecular weight excluding hydrogens is 226 g/mol. The Morgan fingerprint density at radius 2 is 2.06 bits per heavy atom. The summed E-state index contributed by atoms with van der Waals surface area (Å²) in [6.45, 7) is 2.04. The maximum Gasteiger partial charge on any atom is 0.182 e. The van der Waals surface area contributed by atoms with Gasteiger partial charge in [0.1, 0.15) is 5.75 Å². The second kappa shape index (κ2) is 4.14. The molecule has 1 aromatic carbocycles. The van der Waals surface area contributed by atoms with Crippen molar-refractivity contribution in [2.75, 3.05) is 7.11 Å². The molecule has 2 heterocycles. The van der Waals surface area contributed by atoms with Gasteiger partial charge in [0, 0.05) is 11.8 Å². The monoisotopic (exact) mass is 239 g/mol. The normalized spacial score (nSPS) is 10.8. The molecule has 4 heteroatoms. The highest BCUT2D eigenvalue weighted by Gasteiger charge is 2.07. The molecule has 0 N–H and O–H groups in total. The average molecular weight is 239 g/mol. The summed E-state index contributed by atoms with van der Waals surface area (Å²) in [4.78, 5) is 4.52. The first-order valence-electron chi connectivity index (χ1n) is 5.74. The van der Waals surface area contributed by atoms with Crippen LogP contribution >= 0.6 is 0 Å². The standard InChI is InChI=1S/C14H13N3O/c1-10-6-7-17-13(8-10)15-14(16-17)11-4-3-5-12(9-11)18-2/h3-9H,1-2H3. The van der Waals surface area contributed by atoms with E-state index in [9.17, 15) is 0 Å². The van der Waals surface area contributed by atoms with Crippen molar-refractivity contribution in [1.82, 2.24) is 14.6 Å². The SMILES string of the molecule is COc1cccc(-c2nc3cc(C)ccn3n2)c1. The zero-order valence-corrected chi connectivity index (χ0v) is 10.3. The van der Waals surface area contributed by atoms with E-state index < -0.39 is 0 Å². The van der Waals surface area contributed by atoms with Crippen LogP contribution in [0.25, 0.3) is 17.0 Å². The van der Waals surface area contributed by atoms with Crippen LogP contribution in [0.4, 0.5) is 0 Å². The molecule has 3 aromatic rings. The van der Waals surface area contributed by atoms with Crippen molar-refractivity contribution >= 4 is 5.65 Å². The molecule has 0 aliphatic carbocycles. The van der Waals surface area contributed by atoms with Crippen molar-refractivity contribution < 1.29 is 4.74 Å². The molecule has 0 spiro atoms.